The molecule has 0 bridgehead atoms. The average molecular weight is 360 g/mol. The van der Waals surface area contributed by atoms with Crippen LogP contribution < -0.4 is 9.47 Å². The molecule has 2 saturated heterocycles. The van der Waals surface area contributed by atoms with E-state index in [1.807, 2.05) is 25.1 Å². The first-order valence-corrected chi connectivity index (χ1v) is 9.25. The Kier molecular flexibility index (Phi) is 4.72. The van der Waals surface area contributed by atoms with E-state index >= 15 is 0 Å². The Morgan fingerprint density at radius 2 is 1.58 bits per heavy atom. The predicted molar refractivity (Wildman–Crippen MR) is 93.1 cm³/mol. The molecular weight excluding hydrogens is 336 g/mol. The Bertz CT molecular complexity index is 680. The van der Waals surface area contributed by atoms with Crippen molar-refractivity contribution in [3.63, 3.8) is 0 Å². The van der Waals surface area contributed by atoms with E-state index in [0.717, 1.165) is 12.8 Å². The third-order valence-electron chi connectivity index (χ3n) is 5.19. The van der Waals surface area contributed by atoms with E-state index in [4.69, 9.17) is 14.2 Å². The smallest absolute Gasteiger partial charge is 0.267 e. The van der Waals surface area contributed by atoms with Crippen LogP contribution in [-0.2, 0) is 14.3 Å². The number of hydrogen-bond donors (Lipinski definition) is 0. The van der Waals surface area contributed by atoms with Gasteiger partial charge in [0.1, 0.15) is 12.2 Å². The zero-order valence-corrected chi connectivity index (χ0v) is 14.9. The van der Waals surface area contributed by atoms with Crippen molar-refractivity contribution in [3.8, 4) is 11.5 Å². The van der Waals surface area contributed by atoms with Crippen molar-refractivity contribution in [2.45, 2.75) is 38.1 Å². The van der Waals surface area contributed by atoms with Crippen LogP contribution in [0.2, 0.25) is 0 Å². The van der Waals surface area contributed by atoms with Gasteiger partial charge in [-0.25, -0.2) is 0 Å². The third kappa shape index (κ3) is 3.23. The number of nitrogens with zero attached hydrogens (tertiary/aromatic N) is 2. The van der Waals surface area contributed by atoms with Gasteiger partial charge in [-0.1, -0.05) is 12.1 Å². The van der Waals surface area contributed by atoms with Gasteiger partial charge in [-0.3, -0.25) is 9.59 Å². The second-order valence-electron chi connectivity index (χ2n) is 6.96. The molecule has 4 rings (SSSR count). The first-order valence-electron chi connectivity index (χ1n) is 9.25. The van der Waals surface area contributed by atoms with Crippen LogP contribution in [0, 0.1) is 0 Å². The molecule has 0 N–H and O–H groups in total. The van der Waals surface area contributed by atoms with E-state index in [1.165, 1.54) is 0 Å². The van der Waals surface area contributed by atoms with Gasteiger partial charge in [0.15, 0.2) is 11.5 Å². The number of rotatable bonds is 2. The molecule has 3 unspecified atom stereocenters. The number of carbonyl (C=O) groups excluding carboxylic acids is 2. The summed E-state index contributed by atoms with van der Waals surface area (Å²) in [5, 5.41) is 0. The highest BCUT2D eigenvalue weighted by Gasteiger charge is 2.38. The lowest BCUT2D eigenvalue weighted by Gasteiger charge is -2.39. The normalized spacial score (nSPS) is 28.1. The minimum absolute atomic E-state index is 0.0501. The van der Waals surface area contributed by atoms with Crippen LogP contribution in [0.1, 0.15) is 19.8 Å². The number of carbonyl (C=O) groups is 2. The number of piperazine rings is 1. The molecule has 140 valence electrons. The van der Waals surface area contributed by atoms with E-state index in [1.54, 1.807) is 15.9 Å². The van der Waals surface area contributed by atoms with Gasteiger partial charge in [0, 0.05) is 32.8 Å². The molecule has 1 aromatic rings. The largest absolute Gasteiger partial charge is 0.482 e. The first kappa shape index (κ1) is 17.1. The van der Waals surface area contributed by atoms with Gasteiger partial charge in [0.05, 0.1) is 0 Å². The fourth-order valence-electron chi connectivity index (χ4n) is 3.69. The molecule has 7 heteroatoms. The number of benzene rings is 1. The molecular formula is C19H24N2O5. The highest BCUT2D eigenvalue weighted by molar-refractivity contribution is 5.84. The van der Waals surface area contributed by atoms with Crippen LogP contribution >= 0.6 is 0 Å². The van der Waals surface area contributed by atoms with Crippen molar-refractivity contribution < 1.29 is 23.8 Å². The van der Waals surface area contributed by atoms with Crippen LogP contribution in [0.3, 0.4) is 0 Å². The van der Waals surface area contributed by atoms with E-state index < -0.39 is 6.10 Å². The Balaban J connectivity index is 1.35. The van der Waals surface area contributed by atoms with Gasteiger partial charge in [0.25, 0.3) is 11.8 Å². The van der Waals surface area contributed by atoms with Crippen LogP contribution in [0.5, 0.6) is 11.5 Å². The maximum Gasteiger partial charge on any atom is 0.267 e. The Morgan fingerprint density at radius 1 is 0.962 bits per heavy atom. The van der Waals surface area contributed by atoms with Crippen molar-refractivity contribution in [2.24, 2.45) is 0 Å². The van der Waals surface area contributed by atoms with Crippen molar-refractivity contribution in [2.75, 3.05) is 32.8 Å². The standard InChI is InChI=1S/C19H24N2O5/c1-13-17(26-15-6-3-2-5-14(15)25-13)19(23)21-10-8-20(9-11-21)18(22)16-7-4-12-24-16/h2-3,5-6,13,16-17H,4,7-12H2,1H3. The third-order valence-corrected chi connectivity index (χ3v) is 5.19. The number of amides is 2. The van der Waals surface area contributed by atoms with Crippen molar-refractivity contribution in [3.05, 3.63) is 24.3 Å². The summed E-state index contributed by atoms with van der Waals surface area (Å²) in [5.74, 6) is 1.22. The SMILES string of the molecule is CC1Oc2ccccc2OC1C(=O)N1CCN(C(=O)C2CCCO2)CC1. The second-order valence-corrected chi connectivity index (χ2v) is 6.96. The summed E-state index contributed by atoms with van der Waals surface area (Å²) in [6, 6.07) is 7.37. The maximum absolute atomic E-state index is 12.9. The highest BCUT2D eigenvalue weighted by Crippen LogP contribution is 2.34. The number of ether oxygens (including phenoxy) is 3. The molecule has 3 heterocycles. The monoisotopic (exact) mass is 360 g/mol. The van der Waals surface area contributed by atoms with Crippen molar-refractivity contribution in [1.82, 2.24) is 9.80 Å². The zero-order valence-electron chi connectivity index (χ0n) is 14.9. The van der Waals surface area contributed by atoms with E-state index in [-0.39, 0.29) is 24.0 Å². The second kappa shape index (κ2) is 7.15. The quantitative estimate of drug-likeness (QED) is 0.789. The molecule has 7 nitrogen and oxygen atoms in total. The summed E-state index contributed by atoms with van der Waals surface area (Å²) in [4.78, 5) is 28.9. The minimum Gasteiger partial charge on any atom is -0.482 e. The van der Waals surface area contributed by atoms with Gasteiger partial charge < -0.3 is 24.0 Å². The lowest BCUT2D eigenvalue weighted by atomic mass is 10.1. The molecule has 0 saturated carbocycles. The molecule has 3 atom stereocenters. The summed E-state index contributed by atoms with van der Waals surface area (Å²) >= 11 is 0. The Labute approximate surface area is 152 Å². The molecule has 3 aliphatic rings. The van der Waals surface area contributed by atoms with Crippen molar-refractivity contribution >= 4 is 11.8 Å². The summed E-state index contributed by atoms with van der Waals surface area (Å²) < 4.78 is 17.2. The van der Waals surface area contributed by atoms with E-state index in [0.29, 0.717) is 44.3 Å². The molecule has 0 radical (unpaired) electrons. The van der Waals surface area contributed by atoms with Gasteiger partial charge in [0.2, 0.25) is 6.10 Å². The first-order chi connectivity index (χ1) is 12.6. The van der Waals surface area contributed by atoms with Crippen LogP contribution in [-0.4, -0.2) is 72.7 Å². The van der Waals surface area contributed by atoms with Crippen LogP contribution in [0.15, 0.2) is 24.3 Å². The minimum atomic E-state index is -0.662. The van der Waals surface area contributed by atoms with Crippen LogP contribution in [0.25, 0.3) is 0 Å². The predicted octanol–water partition coefficient (Wildman–Crippen LogP) is 1.06. The van der Waals surface area contributed by atoms with Crippen LogP contribution in [0.4, 0.5) is 0 Å². The summed E-state index contributed by atoms with van der Waals surface area (Å²) in [5.41, 5.74) is 0. The summed E-state index contributed by atoms with van der Waals surface area (Å²) in [6.07, 6.45) is 0.410. The van der Waals surface area contributed by atoms with Gasteiger partial charge in [-0.15, -0.1) is 0 Å². The molecule has 2 amide bonds. The topological polar surface area (TPSA) is 68.3 Å². The van der Waals surface area contributed by atoms with E-state index in [2.05, 4.69) is 0 Å². The molecule has 0 aromatic heterocycles. The van der Waals surface area contributed by atoms with Gasteiger partial charge >= 0.3 is 0 Å². The fraction of sp³-hybridized carbons (Fsp3) is 0.579. The molecule has 0 aliphatic carbocycles. The average Bonchev–Trinajstić information content (AvgIpc) is 3.21. The summed E-state index contributed by atoms with van der Waals surface area (Å²) in [7, 11) is 0. The zero-order chi connectivity index (χ0) is 18.1. The van der Waals surface area contributed by atoms with Gasteiger partial charge in [-0.05, 0) is 31.9 Å². The molecule has 1 aromatic carbocycles. The molecule has 0 spiro atoms. The lowest BCUT2D eigenvalue weighted by Crippen LogP contribution is -2.57. The Hall–Kier alpha value is -2.28. The fourth-order valence-corrected chi connectivity index (χ4v) is 3.69. The Morgan fingerprint density at radius 3 is 2.19 bits per heavy atom. The number of para-hydroxylation sites is 2. The van der Waals surface area contributed by atoms with Crippen molar-refractivity contribution in [1.29, 1.82) is 0 Å². The molecule has 3 aliphatic heterocycles. The number of fused-ring (bicyclic) bond motifs is 1. The summed E-state index contributed by atoms with van der Waals surface area (Å²) in [6.45, 7) is 4.58. The molecule has 2 fully saturated rings. The maximum atomic E-state index is 12.9. The van der Waals surface area contributed by atoms with Gasteiger partial charge in [-0.2, -0.15) is 0 Å². The highest BCUT2D eigenvalue weighted by atomic mass is 16.6. The molecule has 26 heavy (non-hydrogen) atoms. The lowest BCUT2D eigenvalue weighted by molar-refractivity contribution is -0.151. The van der Waals surface area contributed by atoms with E-state index in [9.17, 15) is 9.59 Å². The number of hydrogen-bond acceptors (Lipinski definition) is 5.